The van der Waals surface area contributed by atoms with Crippen molar-refractivity contribution in [2.45, 2.75) is 6.10 Å². The van der Waals surface area contributed by atoms with Gasteiger partial charge in [-0.1, -0.05) is 18.2 Å². The lowest BCUT2D eigenvalue weighted by Crippen LogP contribution is -2.06. The van der Waals surface area contributed by atoms with Gasteiger partial charge in [0.1, 0.15) is 0 Å². The van der Waals surface area contributed by atoms with E-state index >= 15 is 0 Å². The molecule has 16 heavy (non-hydrogen) atoms. The Bertz CT molecular complexity index is 360. The first-order valence-electron chi connectivity index (χ1n) is 4.90. The molecule has 0 amide bonds. The van der Waals surface area contributed by atoms with Gasteiger partial charge in [-0.05, 0) is 17.7 Å². The van der Waals surface area contributed by atoms with Crippen LogP contribution in [-0.4, -0.2) is 37.1 Å². The standard InChI is InChI=1S/C12H16O4/c1-15-11-6-4-9(7-12(11)16-2)3-5-10(14)8-13/h3-7,10,13-14H,8H2,1-2H3/t10-/m0/s1. The van der Waals surface area contributed by atoms with Gasteiger partial charge in [-0.25, -0.2) is 0 Å². The minimum absolute atomic E-state index is 0.288. The first-order chi connectivity index (χ1) is 7.71. The molecular weight excluding hydrogens is 208 g/mol. The van der Waals surface area contributed by atoms with E-state index in [9.17, 15) is 0 Å². The van der Waals surface area contributed by atoms with Crippen molar-refractivity contribution < 1.29 is 19.7 Å². The molecule has 4 nitrogen and oxygen atoms in total. The maximum Gasteiger partial charge on any atom is 0.161 e. The van der Waals surface area contributed by atoms with Crippen molar-refractivity contribution >= 4 is 6.08 Å². The van der Waals surface area contributed by atoms with Gasteiger partial charge in [-0.3, -0.25) is 0 Å². The van der Waals surface area contributed by atoms with Crippen LogP contribution in [0.4, 0.5) is 0 Å². The van der Waals surface area contributed by atoms with Crippen LogP contribution < -0.4 is 9.47 Å². The molecule has 0 aliphatic rings. The summed E-state index contributed by atoms with van der Waals surface area (Å²) in [5.74, 6) is 1.28. The first kappa shape index (κ1) is 12.5. The molecule has 0 bridgehead atoms. The summed E-state index contributed by atoms with van der Waals surface area (Å²) in [6.07, 6.45) is 2.39. The second-order valence-corrected chi connectivity index (χ2v) is 3.22. The summed E-state index contributed by atoms with van der Waals surface area (Å²) >= 11 is 0. The highest BCUT2D eigenvalue weighted by Crippen LogP contribution is 2.27. The average molecular weight is 224 g/mol. The molecule has 1 aromatic carbocycles. The van der Waals surface area contributed by atoms with Gasteiger partial charge < -0.3 is 19.7 Å². The molecule has 4 heteroatoms. The Morgan fingerprint density at radius 3 is 2.50 bits per heavy atom. The molecule has 0 spiro atoms. The summed E-state index contributed by atoms with van der Waals surface area (Å²) in [4.78, 5) is 0. The van der Waals surface area contributed by atoms with E-state index in [1.807, 2.05) is 6.07 Å². The smallest absolute Gasteiger partial charge is 0.161 e. The quantitative estimate of drug-likeness (QED) is 0.785. The summed E-state index contributed by atoms with van der Waals surface area (Å²) in [5.41, 5.74) is 0.866. The van der Waals surface area contributed by atoms with Gasteiger partial charge in [0.2, 0.25) is 0 Å². The topological polar surface area (TPSA) is 58.9 Å². The van der Waals surface area contributed by atoms with Crippen molar-refractivity contribution in [3.63, 3.8) is 0 Å². The predicted molar refractivity (Wildman–Crippen MR) is 61.7 cm³/mol. The van der Waals surface area contributed by atoms with E-state index in [-0.39, 0.29) is 6.61 Å². The van der Waals surface area contributed by atoms with Gasteiger partial charge in [0.25, 0.3) is 0 Å². The molecule has 0 aromatic heterocycles. The number of hydrogen-bond donors (Lipinski definition) is 2. The molecule has 0 radical (unpaired) electrons. The van der Waals surface area contributed by atoms with Crippen LogP contribution in [0.15, 0.2) is 24.3 Å². The molecular formula is C12H16O4. The van der Waals surface area contributed by atoms with E-state index in [2.05, 4.69) is 0 Å². The van der Waals surface area contributed by atoms with E-state index in [0.29, 0.717) is 11.5 Å². The van der Waals surface area contributed by atoms with Crippen molar-refractivity contribution in [3.05, 3.63) is 29.8 Å². The second-order valence-electron chi connectivity index (χ2n) is 3.22. The Morgan fingerprint density at radius 1 is 1.25 bits per heavy atom. The maximum absolute atomic E-state index is 9.15. The van der Waals surface area contributed by atoms with E-state index in [1.54, 1.807) is 32.4 Å². The third-order valence-corrected chi connectivity index (χ3v) is 2.11. The van der Waals surface area contributed by atoms with E-state index in [1.165, 1.54) is 6.08 Å². The third-order valence-electron chi connectivity index (χ3n) is 2.11. The van der Waals surface area contributed by atoms with Crippen molar-refractivity contribution in [3.8, 4) is 11.5 Å². The maximum atomic E-state index is 9.15. The van der Waals surface area contributed by atoms with Crippen LogP contribution in [0.3, 0.4) is 0 Å². The Balaban J connectivity index is 2.86. The van der Waals surface area contributed by atoms with Gasteiger partial charge in [-0.2, -0.15) is 0 Å². The Hall–Kier alpha value is -1.52. The summed E-state index contributed by atoms with van der Waals surface area (Å²) in [7, 11) is 3.14. The SMILES string of the molecule is COc1ccc(C=C[C@H](O)CO)cc1OC. The van der Waals surface area contributed by atoms with Gasteiger partial charge in [0.15, 0.2) is 11.5 Å². The minimum Gasteiger partial charge on any atom is -0.493 e. The molecule has 88 valence electrons. The minimum atomic E-state index is -0.840. The number of aliphatic hydroxyl groups excluding tert-OH is 2. The highest BCUT2D eigenvalue weighted by atomic mass is 16.5. The van der Waals surface area contributed by atoms with Crippen LogP contribution >= 0.6 is 0 Å². The third kappa shape index (κ3) is 3.25. The molecule has 0 aliphatic carbocycles. The van der Waals surface area contributed by atoms with Crippen LogP contribution in [0.1, 0.15) is 5.56 Å². The molecule has 0 fully saturated rings. The molecule has 0 saturated carbocycles. The number of hydrogen-bond acceptors (Lipinski definition) is 4. The van der Waals surface area contributed by atoms with Gasteiger partial charge in [0.05, 0.1) is 26.9 Å². The number of ether oxygens (including phenoxy) is 2. The lowest BCUT2D eigenvalue weighted by Gasteiger charge is -2.07. The predicted octanol–water partition coefficient (Wildman–Crippen LogP) is 1.07. The van der Waals surface area contributed by atoms with Crippen LogP contribution in [0.25, 0.3) is 6.08 Å². The number of benzene rings is 1. The Morgan fingerprint density at radius 2 is 1.94 bits per heavy atom. The molecule has 0 unspecified atom stereocenters. The van der Waals surface area contributed by atoms with Crippen molar-refractivity contribution in [2.75, 3.05) is 20.8 Å². The summed E-state index contributed by atoms with van der Waals surface area (Å²) < 4.78 is 10.2. The number of rotatable bonds is 5. The first-order valence-corrected chi connectivity index (χ1v) is 4.90. The fourth-order valence-electron chi connectivity index (χ4n) is 1.24. The van der Waals surface area contributed by atoms with Crippen LogP contribution in [0.5, 0.6) is 11.5 Å². The molecule has 0 aliphatic heterocycles. The summed E-state index contributed by atoms with van der Waals surface area (Å²) in [6.45, 7) is -0.288. The summed E-state index contributed by atoms with van der Waals surface area (Å²) in [6, 6.07) is 5.41. The second kappa shape index (κ2) is 6.15. The highest BCUT2D eigenvalue weighted by Gasteiger charge is 2.03. The zero-order valence-corrected chi connectivity index (χ0v) is 9.38. The van der Waals surface area contributed by atoms with Gasteiger partial charge >= 0.3 is 0 Å². The van der Waals surface area contributed by atoms with Crippen LogP contribution in [0, 0.1) is 0 Å². The van der Waals surface area contributed by atoms with Crippen LogP contribution in [0.2, 0.25) is 0 Å². The van der Waals surface area contributed by atoms with E-state index in [4.69, 9.17) is 19.7 Å². The van der Waals surface area contributed by atoms with E-state index < -0.39 is 6.10 Å². The van der Waals surface area contributed by atoms with Crippen molar-refractivity contribution in [1.29, 1.82) is 0 Å². The summed E-state index contributed by atoms with van der Waals surface area (Å²) in [5, 5.41) is 17.8. The van der Waals surface area contributed by atoms with E-state index in [0.717, 1.165) is 5.56 Å². The van der Waals surface area contributed by atoms with Crippen molar-refractivity contribution in [1.82, 2.24) is 0 Å². The molecule has 0 heterocycles. The van der Waals surface area contributed by atoms with Crippen molar-refractivity contribution in [2.24, 2.45) is 0 Å². The monoisotopic (exact) mass is 224 g/mol. The Labute approximate surface area is 94.7 Å². The van der Waals surface area contributed by atoms with Gasteiger partial charge in [-0.15, -0.1) is 0 Å². The molecule has 2 N–H and O–H groups in total. The molecule has 1 atom stereocenters. The zero-order valence-electron chi connectivity index (χ0n) is 9.38. The average Bonchev–Trinajstić information content (AvgIpc) is 2.35. The number of methoxy groups -OCH3 is 2. The highest BCUT2D eigenvalue weighted by molar-refractivity contribution is 5.56. The lowest BCUT2D eigenvalue weighted by molar-refractivity contribution is 0.131. The molecule has 1 rings (SSSR count). The fraction of sp³-hybridized carbons (Fsp3) is 0.333. The Kier molecular flexibility index (Phi) is 4.82. The lowest BCUT2D eigenvalue weighted by atomic mass is 10.1. The fourth-order valence-corrected chi connectivity index (χ4v) is 1.24. The molecule has 0 saturated heterocycles. The molecule has 1 aromatic rings. The van der Waals surface area contributed by atoms with Crippen LogP contribution in [-0.2, 0) is 0 Å². The van der Waals surface area contributed by atoms with Gasteiger partial charge in [0, 0.05) is 0 Å². The normalized spacial score (nSPS) is 12.8. The zero-order chi connectivity index (χ0) is 12.0. The largest absolute Gasteiger partial charge is 0.493 e. The number of aliphatic hydroxyl groups is 2.